The molecule has 0 aliphatic carbocycles. The number of nitrogens with zero attached hydrogens (tertiary/aromatic N) is 1. The highest BCUT2D eigenvalue weighted by atomic mass is 19.1. The lowest BCUT2D eigenvalue weighted by molar-refractivity contribution is -0.148. The Kier molecular flexibility index (Phi) is 4.79. The van der Waals surface area contributed by atoms with Gasteiger partial charge in [-0.25, -0.2) is 13.6 Å². The Bertz CT molecular complexity index is 808. The first-order valence-corrected chi connectivity index (χ1v) is 8.03. The van der Waals surface area contributed by atoms with Gasteiger partial charge in [0, 0.05) is 18.2 Å². The van der Waals surface area contributed by atoms with Crippen LogP contribution in [-0.4, -0.2) is 34.5 Å². The first-order valence-electron chi connectivity index (χ1n) is 8.03. The Morgan fingerprint density at radius 3 is 2.56 bits per heavy atom. The Balaban J connectivity index is 1.95. The minimum absolute atomic E-state index is 0.168. The summed E-state index contributed by atoms with van der Waals surface area (Å²) in [6.07, 6.45) is 0.749. The number of hydrogen-bond acceptors (Lipinski definition) is 2. The minimum atomic E-state index is -1.06. The highest BCUT2D eigenvalue weighted by molar-refractivity contribution is 5.87. The number of hydrogen-bond donors (Lipinski definition) is 1. The first-order chi connectivity index (χ1) is 12.0. The Hall–Kier alpha value is -2.76. The van der Waals surface area contributed by atoms with Crippen molar-refractivity contribution in [3.63, 3.8) is 0 Å². The highest BCUT2D eigenvalue weighted by Gasteiger charge is 2.34. The van der Waals surface area contributed by atoms with Crippen LogP contribution in [-0.2, 0) is 16.0 Å². The largest absolute Gasteiger partial charge is 0.480 e. The van der Waals surface area contributed by atoms with Crippen LogP contribution in [0.4, 0.5) is 8.78 Å². The summed E-state index contributed by atoms with van der Waals surface area (Å²) in [4.78, 5) is 25.1. The van der Waals surface area contributed by atoms with Crippen LogP contribution in [0.3, 0.4) is 0 Å². The molecule has 2 aromatic rings. The van der Waals surface area contributed by atoms with E-state index in [0.717, 1.165) is 12.1 Å². The number of carbonyl (C=O) groups excluding carboxylic acids is 1. The number of halogens is 2. The van der Waals surface area contributed by atoms with Crippen molar-refractivity contribution in [1.29, 1.82) is 0 Å². The van der Waals surface area contributed by atoms with Crippen LogP contribution in [0.2, 0.25) is 0 Å². The third-order valence-electron chi connectivity index (χ3n) is 4.40. The molecule has 1 amide bonds. The smallest absolute Gasteiger partial charge is 0.326 e. The van der Waals surface area contributed by atoms with E-state index in [1.165, 1.54) is 4.90 Å². The third-order valence-corrected chi connectivity index (χ3v) is 4.40. The summed E-state index contributed by atoms with van der Waals surface area (Å²) in [6, 6.07) is 9.64. The van der Waals surface area contributed by atoms with Gasteiger partial charge in [-0.1, -0.05) is 30.3 Å². The predicted molar refractivity (Wildman–Crippen MR) is 87.9 cm³/mol. The molecule has 6 heteroatoms. The molecule has 25 heavy (non-hydrogen) atoms. The molecule has 3 rings (SSSR count). The van der Waals surface area contributed by atoms with E-state index in [9.17, 15) is 23.5 Å². The van der Waals surface area contributed by atoms with Crippen LogP contribution >= 0.6 is 0 Å². The van der Waals surface area contributed by atoms with E-state index < -0.39 is 29.6 Å². The van der Waals surface area contributed by atoms with Crippen LogP contribution in [0.15, 0.2) is 42.5 Å². The summed E-state index contributed by atoms with van der Waals surface area (Å²) in [6.45, 7) is 0.342. The van der Waals surface area contributed by atoms with E-state index in [4.69, 9.17) is 0 Å². The number of benzene rings is 2. The number of carboxylic acids is 1. The molecule has 0 radical (unpaired) electrons. The van der Waals surface area contributed by atoms with Gasteiger partial charge in [0.2, 0.25) is 5.91 Å². The van der Waals surface area contributed by atoms with E-state index in [2.05, 4.69) is 0 Å². The Morgan fingerprint density at radius 2 is 1.88 bits per heavy atom. The fraction of sp³-hybridized carbons (Fsp3) is 0.263. The monoisotopic (exact) mass is 345 g/mol. The molecule has 0 unspecified atom stereocenters. The van der Waals surface area contributed by atoms with Crippen LogP contribution in [0.25, 0.3) is 11.1 Å². The number of likely N-dealkylation sites (tertiary alicyclic amines) is 1. The van der Waals surface area contributed by atoms with Crippen molar-refractivity contribution >= 4 is 11.9 Å². The molecule has 4 nitrogen and oxygen atoms in total. The molecule has 1 fully saturated rings. The van der Waals surface area contributed by atoms with Crippen LogP contribution in [0, 0.1) is 11.6 Å². The SMILES string of the molecule is O=C(O)[C@H]1CCCN1C(=O)Cc1cc(F)cc(F)c1-c1ccccc1. The summed E-state index contributed by atoms with van der Waals surface area (Å²) in [5.41, 5.74) is 0.921. The maximum atomic E-state index is 14.4. The molecule has 0 saturated carbocycles. The highest BCUT2D eigenvalue weighted by Crippen LogP contribution is 2.29. The van der Waals surface area contributed by atoms with Gasteiger partial charge in [-0.2, -0.15) is 0 Å². The summed E-state index contributed by atoms with van der Waals surface area (Å²) >= 11 is 0. The van der Waals surface area contributed by atoms with Crippen molar-refractivity contribution in [3.05, 3.63) is 59.7 Å². The zero-order chi connectivity index (χ0) is 18.0. The van der Waals surface area contributed by atoms with Crippen LogP contribution < -0.4 is 0 Å². The molecule has 2 aromatic carbocycles. The van der Waals surface area contributed by atoms with E-state index in [1.807, 2.05) is 0 Å². The fourth-order valence-electron chi connectivity index (χ4n) is 3.28. The molecule has 1 atom stereocenters. The molecule has 0 aromatic heterocycles. The van der Waals surface area contributed by atoms with Gasteiger partial charge < -0.3 is 10.0 Å². The normalized spacial score (nSPS) is 16.9. The summed E-state index contributed by atoms with van der Waals surface area (Å²) in [7, 11) is 0. The van der Waals surface area contributed by atoms with Gasteiger partial charge in [0.15, 0.2) is 0 Å². The van der Waals surface area contributed by atoms with Gasteiger partial charge in [-0.15, -0.1) is 0 Å². The number of carboxylic acid groups (broad SMARTS) is 1. The van der Waals surface area contributed by atoms with Crippen molar-refractivity contribution in [3.8, 4) is 11.1 Å². The van der Waals surface area contributed by atoms with Crippen molar-refractivity contribution in [2.45, 2.75) is 25.3 Å². The predicted octanol–water partition coefficient (Wildman–Crippen LogP) is 3.25. The summed E-state index contributed by atoms with van der Waals surface area (Å²) in [5, 5.41) is 9.21. The molecular weight excluding hydrogens is 328 g/mol. The van der Waals surface area contributed by atoms with Crippen molar-refractivity contribution < 1.29 is 23.5 Å². The standard InChI is InChI=1S/C19H17F2NO3/c20-14-9-13(10-17(23)22-8-4-7-16(22)19(24)25)18(15(21)11-14)12-5-2-1-3-6-12/h1-3,5-6,9,11,16H,4,7-8,10H2,(H,24,25)/t16-/m1/s1. The van der Waals surface area contributed by atoms with Gasteiger partial charge in [0.1, 0.15) is 17.7 Å². The molecule has 1 aliphatic heterocycles. The molecule has 1 saturated heterocycles. The van der Waals surface area contributed by atoms with Gasteiger partial charge in [0.05, 0.1) is 6.42 Å². The first kappa shape index (κ1) is 17.1. The fourth-order valence-corrected chi connectivity index (χ4v) is 3.28. The van der Waals surface area contributed by atoms with Gasteiger partial charge >= 0.3 is 5.97 Å². The Labute approximate surface area is 143 Å². The van der Waals surface area contributed by atoms with Crippen molar-refractivity contribution in [1.82, 2.24) is 4.90 Å². The van der Waals surface area contributed by atoms with E-state index >= 15 is 0 Å². The second-order valence-electron chi connectivity index (χ2n) is 6.05. The average Bonchev–Trinajstić information content (AvgIpc) is 3.05. The molecule has 0 bridgehead atoms. The number of carbonyl (C=O) groups is 2. The average molecular weight is 345 g/mol. The number of rotatable bonds is 4. The second kappa shape index (κ2) is 7.01. The quantitative estimate of drug-likeness (QED) is 0.925. The van der Waals surface area contributed by atoms with E-state index in [-0.39, 0.29) is 17.5 Å². The zero-order valence-corrected chi connectivity index (χ0v) is 13.4. The lowest BCUT2D eigenvalue weighted by atomic mass is 9.96. The lowest BCUT2D eigenvalue weighted by Crippen LogP contribution is -2.41. The Morgan fingerprint density at radius 1 is 1.16 bits per heavy atom. The molecule has 0 spiro atoms. The summed E-state index contributed by atoms with van der Waals surface area (Å²) in [5.74, 6) is -3.01. The van der Waals surface area contributed by atoms with Gasteiger partial charge in [-0.3, -0.25) is 4.79 Å². The summed E-state index contributed by atoms with van der Waals surface area (Å²) < 4.78 is 28.1. The third kappa shape index (κ3) is 3.52. The maximum Gasteiger partial charge on any atom is 0.326 e. The molecule has 1 aliphatic rings. The zero-order valence-electron chi connectivity index (χ0n) is 13.4. The minimum Gasteiger partial charge on any atom is -0.480 e. The maximum absolute atomic E-state index is 14.4. The molecular formula is C19H17F2NO3. The topological polar surface area (TPSA) is 57.6 Å². The lowest BCUT2D eigenvalue weighted by Gasteiger charge is -2.22. The second-order valence-corrected chi connectivity index (χ2v) is 6.05. The van der Waals surface area contributed by atoms with Crippen molar-refractivity contribution in [2.24, 2.45) is 0 Å². The number of aliphatic carboxylic acids is 1. The molecule has 130 valence electrons. The van der Waals surface area contributed by atoms with Gasteiger partial charge in [0.25, 0.3) is 0 Å². The van der Waals surface area contributed by atoms with Crippen LogP contribution in [0.5, 0.6) is 0 Å². The van der Waals surface area contributed by atoms with E-state index in [1.54, 1.807) is 30.3 Å². The van der Waals surface area contributed by atoms with Gasteiger partial charge in [-0.05, 0) is 30.0 Å². The van der Waals surface area contributed by atoms with E-state index in [0.29, 0.717) is 24.9 Å². The molecule has 1 N–H and O–H groups in total. The number of amides is 1. The molecule has 1 heterocycles. The van der Waals surface area contributed by atoms with Crippen LogP contribution in [0.1, 0.15) is 18.4 Å². The van der Waals surface area contributed by atoms with Crippen molar-refractivity contribution in [2.75, 3.05) is 6.54 Å².